The molecule has 5 rings (SSSR count). The van der Waals surface area contributed by atoms with Crippen molar-refractivity contribution in [1.82, 2.24) is 8.61 Å². The molecule has 2 aliphatic rings. The Morgan fingerprint density at radius 1 is 0.457 bits per heavy atom. The number of carbonyl (C=O) groups excluding carboxylic acids is 2. The highest BCUT2D eigenvalue weighted by atomic mass is 32.2. The molecule has 0 aliphatic carbocycles. The lowest BCUT2D eigenvalue weighted by molar-refractivity contribution is 0.103. The number of benzene rings is 3. The standard InChI is InChI=1S/C36H40N2O6S2/c39-35(31-15-19-33(20-16-31)45(41,42)37-25-5-1-2-6-26-37)23-13-29-9-11-30(12-10-29)14-24-36(40)32-17-21-34(22-18-32)46(43,44)38-27-7-3-4-8-28-38/h9-24H,1-8,25-28H2/b23-13+,24-14+. The minimum Gasteiger partial charge on any atom is -0.289 e. The summed E-state index contributed by atoms with van der Waals surface area (Å²) in [6, 6.07) is 19.5. The Bertz CT molecular complexity index is 1640. The lowest BCUT2D eigenvalue weighted by Crippen LogP contribution is -2.31. The van der Waals surface area contributed by atoms with Crippen molar-refractivity contribution in [3.63, 3.8) is 0 Å². The van der Waals surface area contributed by atoms with E-state index >= 15 is 0 Å². The Morgan fingerprint density at radius 2 is 0.761 bits per heavy atom. The summed E-state index contributed by atoms with van der Waals surface area (Å²) in [6.45, 7) is 2.10. The maximum absolute atomic E-state index is 13.0. The predicted molar refractivity (Wildman–Crippen MR) is 181 cm³/mol. The van der Waals surface area contributed by atoms with Crippen LogP contribution in [0.5, 0.6) is 0 Å². The van der Waals surface area contributed by atoms with E-state index in [0.29, 0.717) is 37.3 Å². The quantitative estimate of drug-likeness (QED) is 0.179. The minimum absolute atomic E-state index is 0.199. The van der Waals surface area contributed by atoms with Crippen molar-refractivity contribution in [2.24, 2.45) is 0 Å². The summed E-state index contributed by atoms with van der Waals surface area (Å²) in [7, 11) is -7.14. The Morgan fingerprint density at radius 3 is 1.07 bits per heavy atom. The molecule has 0 unspecified atom stereocenters. The van der Waals surface area contributed by atoms with Crippen LogP contribution in [-0.2, 0) is 20.0 Å². The van der Waals surface area contributed by atoms with Crippen LogP contribution >= 0.6 is 0 Å². The lowest BCUT2D eigenvalue weighted by Gasteiger charge is -2.19. The van der Waals surface area contributed by atoms with E-state index in [4.69, 9.17) is 0 Å². The van der Waals surface area contributed by atoms with Crippen molar-refractivity contribution in [1.29, 1.82) is 0 Å². The largest absolute Gasteiger partial charge is 0.289 e. The molecule has 2 saturated heterocycles. The monoisotopic (exact) mass is 660 g/mol. The normalized spacial score (nSPS) is 17.6. The molecule has 0 saturated carbocycles. The third-order valence-corrected chi connectivity index (χ3v) is 12.3. The second kappa shape index (κ2) is 15.3. The van der Waals surface area contributed by atoms with Crippen molar-refractivity contribution < 1.29 is 26.4 Å². The molecule has 0 radical (unpaired) electrons. The fraction of sp³-hybridized carbons (Fsp3) is 0.333. The van der Waals surface area contributed by atoms with Gasteiger partial charge < -0.3 is 0 Å². The van der Waals surface area contributed by atoms with Gasteiger partial charge in [0.1, 0.15) is 0 Å². The molecule has 242 valence electrons. The van der Waals surface area contributed by atoms with Crippen molar-refractivity contribution in [2.75, 3.05) is 26.2 Å². The second-order valence-electron chi connectivity index (χ2n) is 11.7. The molecular formula is C36H40N2O6S2. The van der Waals surface area contributed by atoms with Gasteiger partial charge in [0.25, 0.3) is 0 Å². The van der Waals surface area contributed by atoms with Gasteiger partial charge >= 0.3 is 0 Å². The van der Waals surface area contributed by atoms with Crippen LogP contribution in [0.15, 0.2) is 94.7 Å². The summed E-state index contributed by atoms with van der Waals surface area (Å²) >= 11 is 0. The average molecular weight is 661 g/mol. The van der Waals surface area contributed by atoms with Crippen molar-refractivity contribution in [3.05, 3.63) is 107 Å². The van der Waals surface area contributed by atoms with E-state index in [0.717, 1.165) is 62.5 Å². The van der Waals surface area contributed by atoms with Gasteiger partial charge in [-0.1, -0.05) is 62.1 Å². The molecule has 0 aromatic heterocycles. The summed E-state index contributed by atoms with van der Waals surface area (Å²) in [6.07, 6.45) is 13.9. The first-order valence-electron chi connectivity index (χ1n) is 15.9. The third-order valence-electron chi connectivity index (χ3n) is 8.47. The maximum Gasteiger partial charge on any atom is 0.243 e. The molecule has 8 nitrogen and oxygen atoms in total. The molecule has 0 N–H and O–H groups in total. The van der Waals surface area contributed by atoms with Gasteiger partial charge in [-0.2, -0.15) is 8.61 Å². The summed E-state index contributed by atoms with van der Waals surface area (Å²) < 4.78 is 55.1. The zero-order valence-corrected chi connectivity index (χ0v) is 27.5. The fourth-order valence-electron chi connectivity index (χ4n) is 5.70. The summed E-state index contributed by atoms with van der Waals surface area (Å²) in [4.78, 5) is 25.9. The first-order valence-corrected chi connectivity index (χ1v) is 18.8. The molecular weight excluding hydrogens is 621 g/mol. The number of nitrogens with zero attached hydrogens (tertiary/aromatic N) is 2. The van der Waals surface area contributed by atoms with Crippen LogP contribution in [-0.4, -0.2) is 63.2 Å². The molecule has 0 bridgehead atoms. The van der Waals surface area contributed by atoms with E-state index < -0.39 is 20.0 Å². The van der Waals surface area contributed by atoms with Crippen LogP contribution in [0.3, 0.4) is 0 Å². The number of hydrogen-bond donors (Lipinski definition) is 0. The third kappa shape index (κ3) is 8.36. The first-order chi connectivity index (χ1) is 22.1. The second-order valence-corrected chi connectivity index (χ2v) is 15.6. The van der Waals surface area contributed by atoms with Crippen LogP contribution in [0.25, 0.3) is 12.2 Å². The summed E-state index contributed by atoms with van der Waals surface area (Å²) in [5, 5.41) is 0. The van der Waals surface area contributed by atoms with Gasteiger partial charge in [-0.05, 0) is 97.5 Å². The van der Waals surface area contributed by atoms with Crippen molar-refractivity contribution >= 4 is 43.8 Å². The summed E-state index contributed by atoms with van der Waals surface area (Å²) in [5.74, 6) is -0.475. The number of allylic oxidation sites excluding steroid dienone is 2. The molecule has 0 amide bonds. The van der Waals surface area contributed by atoms with Crippen molar-refractivity contribution in [2.45, 2.75) is 61.2 Å². The number of sulfonamides is 2. The molecule has 0 atom stereocenters. The Hall–Kier alpha value is -3.70. The molecule has 2 aliphatic heterocycles. The van der Waals surface area contributed by atoms with Gasteiger partial charge in [0.2, 0.25) is 20.0 Å². The highest BCUT2D eigenvalue weighted by Crippen LogP contribution is 2.23. The highest BCUT2D eigenvalue weighted by molar-refractivity contribution is 7.89. The van der Waals surface area contributed by atoms with Crippen molar-refractivity contribution in [3.8, 4) is 0 Å². The van der Waals surface area contributed by atoms with Gasteiger partial charge in [0.15, 0.2) is 11.6 Å². The average Bonchev–Trinajstić information content (AvgIpc) is 3.54. The zero-order valence-electron chi connectivity index (χ0n) is 25.9. The van der Waals surface area contributed by atoms with E-state index in [1.54, 1.807) is 36.4 Å². The first kappa shape index (κ1) is 33.7. The van der Waals surface area contributed by atoms with E-state index in [9.17, 15) is 26.4 Å². The van der Waals surface area contributed by atoms with Crippen LogP contribution < -0.4 is 0 Å². The molecule has 10 heteroatoms. The Kier molecular flexibility index (Phi) is 11.2. The van der Waals surface area contributed by atoms with Gasteiger partial charge in [0.05, 0.1) is 9.79 Å². The number of rotatable bonds is 10. The smallest absolute Gasteiger partial charge is 0.243 e. The maximum atomic E-state index is 13.0. The lowest BCUT2D eigenvalue weighted by atomic mass is 10.1. The molecule has 0 spiro atoms. The number of carbonyl (C=O) groups is 2. The molecule has 3 aromatic rings. The SMILES string of the molecule is O=C(/C=C/c1ccc(/C=C/C(=O)c2ccc(S(=O)(=O)N3CCCCCC3)cc2)cc1)c1ccc(S(=O)(=O)N2CCCCCC2)cc1. The van der Waals surface area contributed by atoms with E-state index in [1.807, 2.05) is 24.3 Å². The van der Waals surface area contributed by atoms with E-state index in [-0.39, 0.29) is 21.4 Å². The molecule has 2 heterocycles. The summed E-state index contributed by atoms with van der Waals surface area (Å²) in [5.41, 5.74) is 2.38. The number of hydrogen-bond acceptors (Lipinski definition) is 6. The van der Waals surface area contributed by atoms with Crippen LogP contribution in [0.2, 0.25) is 0 Å². The van der Waals surface area contributed by atoms with Crippen LogP contribution in [0, 0.1) is 0 Å². The molecule has 46 heavy (non-hydrogen) atoms. The van der Waals surface area contributed by atoms with E-state index in [1.165, 1.54) is 45.0 Å². The number of ketones is 2. The van der Waals surface area contributed by atoms with Gasteiger partial charge in [-0.3, -0.25) is 9.59 Å². The van der Waals surface area contributed by atoms with Crippen LogP contribution in [0.1, 0.15) is 83.2 Å². The predicted octanol–water partition coefficient (Wildman–Crippen LogP) is 6.61. The molecule has 3 aromatic carbocycles. The van der Waals surface area contributed by atoms with Gasteiger partial charge in [-0.25, -0.2) is 16.8 Å². The van der Waals surface area contributed by atoms with E-state index in [2.05, 4.69) is 0 Å². The highest BCUT2D eigenvalue weighted by Gasteiger charge is 2.26. The van der Waals surface area contributed by atoms with Gasteiger partial charge in [-0.15, -0.1) is 0 Å². The topological polar surface area (TPSA) is 109 Å². The van der Waals surface area contributed by atoms with Gasteiger partial charge in [0, 0.05) is 37.3 Å². The Balaban J connectivity index is 1.16. The molecule has 2 fully saturated rings. The van der Waals surface area contributed by atoms with Crippen LogP contribution in [0.4, 0.5) is 0 Å². The minimum atomic E-state index is -3.57. The fourth-order valence-corrected chi connectivity index (χ4v) is 8.73. The Labute approximate surface area is 272 Å². The zero-order chi connectivity index (χ0) is 32.6.